The number of hydrogen-bond donors (Lipinski definition) is 2. The fraction of sp³-hybridized carbons (Fsp3) is 0.188. The zero-order valence-corrected chi connectivity index (χ0v) is 11.9. The number of hydrogen-bond acceptors (Lipinski definition) is 4. The summed E-state index contributed by atoms with van der Waals surface area (Å²) in [7, 11) is 1.34. The molecule has 0 radical (unpaired) electrons. The third-order valence-corrected chi connectivity index (χ3v) is 3.01. The van der Waals surface area contributed by atoms with Crippen molar-refractivity contribution in [2.75, 3.05) is 18.2 Å². The van der Waals surface area contributed by atoms with E-state index in [9.17, 15) is 4.79 Å². The van der Waals surface area contributed by atoms with E-state index in [1.807, 2.05) is 32.0 Å². The first-order chi connectivity index (χ1) is 9.51. The van der Waals surface area contributed by atoms with Crippen LogP contribution < -0.4 is 11.1 Å². The van der Waals surface area contributed by atoms with Crippen molar-refractivity contribution in [1.82, 2.24) is 0 Å². The van der Waals surface area contributed by atoms with Crippen LogP contribution in [-0.2, 0) is 4.74 Å². The summed E-state index contributed by atoms with van der Waals surface area (Å²) in [5, 5.41) is 3.24. The molecule has 0 aliphatic carbocycles. The molecule has 4 heteroatoms. The molecule has 4 nitrogen and oxygen atoms in total. The van der Waals surface area contributed by atoms with Gasteiger partial charge in [0.05, 0.1) is 24.0 Å². The molecule has 0 amide bonds. The van der Waals surface area contributed by atoms with Gasteiger partial charge in [-0.25, -0.2) is 4.79 Å². The van der Waals surface area contributed by atoms with Crippen molar-refractivity contribution < 1.29 is 9.53 Å². The molecule has 0 unspecified atom stereocenters. The molecule has 0 heterocycles. The molecule has 2 rings (SSSR count). The van der Waals surface area contributed by atoms with E-state index in [2.05, 4.69) is 11.4 Å². The molecule has 0 fully saturated rings. The number of aryl methyl sites for hydroxylation is 2. The second-order valence-corrected chi connectivity index (χ2v) is 4.76. The van der Waals surface area contributed by atoms with Gasteiger partial charge in [0.15, 0.2) is 0 Å². The van der Waals surface area contributed by atoms with E-state index in [-0.39, 0.29) is 0 Å². The number of rotatable bonds is 3. The summed E-state index contributed by atoms with van der Waals surface area (Å²) >= 11 is 0. The number of para-hydroxylation sites is 1. The van der Waals surface area contributed by atoms with Gasteiger partial charge in [0.1, 0.15) is 0 Å². The molecule has 104 valence electrons. The van der Waals surface area contributed by atoms with Crippen LogP contribution in [0.5, 0.6) is 0 Å². The van der Waals surface area contributed by atoms with Gasteiger partial charge in [0, 0.05) is 5.69 Å². The van der Waals surface area contributed by atoms with Gasteiger partial charge in [-0.3, -0.25) is 0 Å². The SMILES string of the molecule is COC(=O)c1cccc(Nc2cc(C)cc(C)c2)c1N. The molecule has 0 saturated heterocycles. The van der Waals surface area contributed by atoms with Gasteiger partial charge in [-0.1, -0.05) is 12.1 Å². The molecule has 2 aromatic carbocycles. The van der Waals surface area contributed by atoms with Crippen molar-refractivity contribution in [2.45, 2.75) is 13.8 Å². The lowest BCUT2D eigenvalue weighted by atomic mass is 10.1. The van der Waals surface area contributed by atoms with Crippen LogP contribution in [-0.4, -0.2) is 13.1 Å². The van der Waals surface area contributed by atoms with E-state index in [1.54, 1.807) is 12.1 Å². The van der Waals surface area contributed by atoms with Crippen LogP contribution in [0.3, 0.4) is 0 Å². The Kier molecular flexibility index (Phi) is 3.94. The van der Waals surface area contributed by atoms with Crippen LogP contribution in [0.2, 0.25) is 0 Å². The fourth-order valence-electron chi connectivity index (χ4n) is 2.16. The van der Waals surface area contributed by atoms with Crippen molar-refractivity contribution >= 4 is 23.0 Å². The summed E-state index contributed by atoms with van der Waals surface area (Å²) in [6.07, 6.45) is 0. The maximum Gasteiger partial charge on any atom is 0.340 e. The highest BCUT2D eigenvalue weighted by molar-refractivity contribution is 5.98. The minimum absolute atomic E-state index is 0.363. The van der Waals surface area contributed by atoms with Crippen LogP contribution >= 0.6 is 0 Å². The third kappa shape index (κ3) is 2.91. The number of nitrogens with two attached hydrogens (primary N) is 1. The smallest absolute Gasteiger partial charge is 0.340 e. The first-order valence-electron chi connectivity index (χ1n) is 6.33. The number of benzene rings is 2. The fourth-order valence-corrected chi connectivity index (χ4v) is 2.16. The van der Waals surface area contributed by atoms with Crippen molar-refractivity contribution in [1.29, 1.82) is 0 Å². The summed E-state index contributed by atoms with van der Waals surface area (Å²) in [5.74, 6) is -0.438. The second-order valence-electron chi connectivity index (χ2n) is 4.76. The number of methoxy groups -OCH3 is 1. The standard InChI is InChI=1S/C16H18N2O2/c1-10-7-11(2)9-12(8-10)18-14-6-4-5-13(15(14)17)16(19)20-3/h4-9,18H,17H2,1-3H3. The first-order valence-corrected chi connectivity index (χ1v) is 6.33. The highest BCUT2D eigenvalue weighted by atomic mass is 16.5. The van der Waals surface area contributed by atoms with Crippen molar-refractivity contribution in [3.8, 4) is 0 Å². The normalized spacial score (nSPS) is 10.2. The maximum atomic E-state index is 11.6. The molecule has 0 atom stereocenters. The van der Waals surface area contributed by atoms with Gasteiger partial charge in [-0.05, 0) is 49.2 Å². The minimum Gasteiger partial charge on any atom is -0.465 e. The molecule has 0 aliphatic rings. The Morgan fingerprint density at radius 1 is 1.15 bits per heavy atom. The van der Waals surface area contributed by atoms with E-state index in [0.29, 0.717) is 16.9 Å². The zero-order valence-electron chi connectivity index (χ0n) is 11.9. The zero-order chi connectivity index (χ0) is 14.7. The average Bonchev–Trinajstić information content (AvgIpc) is 2.39. The monoisotopic (exact) mass is 270 g/mol. The first kappa shape index (κ1) is 13.9. The largest absolute Gasteiger partial charge is 0.465 e. The quantitative estimate of drug-likeness (QED) is 0.662. The van der Waals surface area contributed by atoms with Crippen LogP contribution in [0.25, 0.3) is 0 Å². The highest BCUT2D eigenvalue weighted by Crippen LogP contribution is 2.27. The van der Waals surface area contributed by atoms with Crippen LogP contribution in [0.15, 0.2) is 36.4 Å². The third-order valence-electron chi connectivity index (χ3n) is 3.01. The van der Waals surface area contributed by atoms with Gasteiger partial charge < -0.3 is 15.8 Å². The molecular weight excluding hydrogens is 252 g/mol. The molecule has 0 saturated carbocycles. The van der Waals surface area contributed by atoms with E-state index in [4.69, 9.17) is 10.5 Å². The Bertz CT molecular complexity index is 631. The molecule has 2 aromatic rings. The number of ether oxygens (including phenoxy) is 1. The van der Waals surface area contributed by atoms with Gasteiger partial charge in [-0.2, -0.15) is 0 Å². The number of carbonyl (C=O) groups excluding carboxylic acids is 1. The van der Waals surface area contributed by atoms with E-state index in [0.717, 1.165) is 16.8 Å². The van der Waals surface area contributed by atoms with E-state index >= 15 is 0 Å². The number of nitrogen functional groups attached to an aromatic ring is 1. The van der Waals surface area contributed by atoms with Gasteiger partial charge in [0.2, 0.25) is 0 Å². The number of nitrogens with one attached hydrogen (secondary N) is 1. The van der Waals surface area contributed by atoms with Crippen molar-refractivity contribution in [2.24, 2.45) is 0 Å². The Balaban J connectivity index is 2.36. The molecular formula is C16H18N2O2. The predicted octanol–water partition coefficient (Wildman–Crippen LogP) is 3.42. The maximum absolute atomic E-state index is 11.6. The van der Waals surface area contributed by atoms with Gasteiger partial charge in [-0.15, -0.1) is 0 Å². The topological polar surface area (TPSA) is 64.3 Å². The molecule has 3 N–H and O–H groups in total. The molecule has 0 spiro atoms. The van der Waals surface area contributed by atoms with E-state index < -0.39 is 5.97 Å². The summed E-state index contributed by atoms with van der Waals surface area (Å²) < 4.78 is 4.71. The Morgan fingerprint density at radius 3 is 2.40 bits per heavy atom. The predicted molar refractivity (Wildman–Crippen MR) is 81.4 cm³/mol. The number of anilines is 3. The lowest BCUT2D eigenvalue weighted by molar-refractivity contribution is 0.0602. The molecule has 0 aliphatic heterocycles. The second kappa shape index (κ2) is 5.65. The van der Waals surface area contributed by atoms with Crippen LogP contribution in [0, 0.1) is 13.8 Å². The van der Waals surface area contributed by atoms with Crippen molar-refractivity contribution in [3.05, 3.63) is 53.1 Å². The summed E-state index contributed by atoms with van der Waals surface area (Å²) in [6, 6.07) is 11.4. The number of esters is 1. The number of carbonyl (C=O) groups is 1. The van der Waals surface area contributed by atoms with Crippen LogP contribution in [0.4, 0.5) is 17.1 Å². The molecule has 0 aromatic heterocycles. The summed E-state index contributed by atoms with van der Waals surface area (Å²) in [4.78, 5) is 11.6. The molecule has 20 heavy (non-hydrogen) atoms. The molecule has 0 bridgehead atoms. The lowest BCUT2D eigenvalue weighted by Gasteiger charge is -2.13. The summed E-state index contributed by atoms with van der Waals surface area (Å²) in [5.41, 5.74) is 10.7. The minimum atomic E-state index is -0.438. The highest BCUT2D eigenvalue weighted by Gasteiger charge is 2.12. The lowest BCUT2D eigenvalue weighted by Crippen LogP contribution is -2.07. The Labute approximate surface area is 118 Å². The van der Waals surface area contributed by atoms with Crippen LogP contribution in [0.1, 0.15) is 21.5 Å². The van der Waals surface area contributed by atoms with Crippen molar-refractivity contribution in [3.63, 3.8) is 0 Å². The van der Waals surface area contributed by atoms with Gasteiger partial charge in [0.25, 0.3) is 0 Å². The summed E-state index contributed by atoms with van der Waals surface area (Å²) in [6.45, 7) is 4.07. The average molecular weight is 270 g/mol. The Hall–Kier alpha value is -2.49. The Morgan fingerprint density at radius 2 is 1.80 bits per heavy atom. The van der Waals surface area contributed by atoms with Gasteiger partial charge >= 0.3 is 5.97 Å². The van der Waals surface area contributed by atoms with E-state index in [1.165, 1.54) is 7.11 Å².